The summed E-state index contributed by atoms with van der Waals surface area (Å²) in [7, 11) is 2.18. The van der Waals surface area contributed by atoms with Crippen LogP contribution in [0.3, 0.4) is 0 Å². The van der Waals surface area contributed by atoms with Crippen molar-refractivity contribution in [3.8, 4) is 0 Å². The van der Waals surface area contributed by atoms with Crippen LogP contribution in [0.5, 0.6) is 0 Å². The van der Waals surface area contributed by atoms with Crippen molar-refractivity contribution in [2.45, 2.75) is 18.9 Å². The molecule has 112 valence electrons. The van der Waals surface area contributed by atoms with Crippen LogP contribution in [0.15, 0.2) is 28.4 Å². The number of thiophene rings is 1. The Kier molecular flexibility index (Phi) is 4.67. The highest BCUT2D eigenvalue weighted by atomic mass is 32.1. The number of piperidine rings is 1. The first-order valence-corrected chi connectivity index (χ1v) is 8.98. The molecule has 2 atom stereocenters. The molecule has 0 bridgehead atoms. The van der Waals surface area contributed by atoms with Gasteiger partial charge in [0.2, 0.25) is 0 Å². The summed E-state index contributed by atoms with van der Waals surface area (Å²) in [6.45, 7) is 1.84. The minimum atomic E-state index is -0.0607. The van der Waals surface area contributed by atoms with E-state index in [1.165, 1.54) is 22.6 Å². The van der Waals surface area contributed by atoms with E-state index in [0.29, 0.717) is 24.2 Å². The summed E-state index contributed by atoms with van der Waals surface area (Å²) in [5.74, 6) is 0.402. The lowest BCUT2D eigenvalue weighted by atomic mass is 9.88. The minimum absolute atomic E-state index is 0.0607. The molecule has 0 radical (unpaired) electrons. The van der Waals surface area contributed by atoms with Gasteiger partial charge in [-0.05, 0) is 43.8 Å². The molecule has 0 aliphatic carbocycles. The smallest absolute Gasteiger partial charge is 0.270 e. The van der Waals surface area contributed by atoms with Gasteiger partial charge in [0.15, 0.2) is 0 Å². The number of nitrogens with one attached hydrogen (secondary N) is 1. The Labute approximate surface area is 132 Å². The molecule has 4 nitrogen and oxygen atoms in total. The lowest BCUT2D eigenvalue weighted by Crippen LogP contribution is -2.41. The van der Waals surface area contributed by atoms with Crippen molar-refractivity contribution < 1.29 is 4.79 Å². The molecule has 1 amide bonds. The molecule has 6 heteroatoms. The van der Waals surface area contributed by atoms with E-state index >= 15 is 0 Å². The quantitative estimate of drug-likeness (QED) is 0.941. The van der Waals surface area contributed by atoms with Crippen molar-refractivity contribution in [2.75, 3.05) is 20.1 Å². The molecule has 21 heavy (non-hydrogen) atoms. The van der Waals surface area contributed by atoms with E-state index in [1.54, 1.807) is 22.2 Å². The van der Waals surface area contributed by atoms with Crippen molar-refractivity contribution in [3.05, 3.63) is 39.0 Å². The van der Waals surface area contributed by atoms with Gasteiger partial charge in [-0.15, -0.1) is 22.7 Å². The molecular formula is C15H19N3OS2. The third kappa shape index (κ3) is 3.33. The molecule has 1 aliphatic rings. The standard InChI is InChI=1S/C15H19N3OS2/c1-18-6-2-4-11(14(18)13-5-3-7-21-13)8-16-15(19)12-9-20-10-17-12/h3,5,7,9-11,14H,2,4,6,8H2,1H3,(H,16,19)/t11-,14-/m1/s1. The fourth-order valence-electron chi connectivity index (χ4n) is 3.02. The van der Waals surface area contributed by atoms with Crippen LogP contribution in [-0.4, -0.2) is 35.9 Å². The average molecular weight is 321 g/mol. The number of rotatable bonds is 4. The van der Waals surface area contributed by atoms with Crippen LogP contribution >= 0.6 is 22.7 Å². The second kappa shape index (κ2) is 6.68. The number of amides is 1. The third-order valence-corrected chi connectivity index (χ3v) is 5.56. The third-order valence-electron chi connectivity index (χ3n) is 4.03. The van der Waals surface area contributed by atoms with Crippen LogP contribution in [0.1, 0.15) is 34.2 Å². The van der Waals surface area contributed by atoms with Crippen LogP contribution in [0.2, 0.25) is 0 Å². The molecule has 0 unspecified atom stereocenters. The number of hydrogen-bond donors (Lipinski definition) is 1. The molecule has 1 N–H and O–H groups in total. The monoisotopic (exact) mass is 321 g/mol. The van der Waals surface area contributed by atoms with E-state index in [4.69, 9.17) is 0 Å². The first kappa shape index (κ1) is 14.7. The fraction of sp³-hybridized carbons (Fsp3) is 0.467. The van der Waals surface area contributed by atoms with Gasteiger partial charge in [-0.25, -0.2) is 4.98 Å². The molecule has 1 saturated heterocycles. The zero-order chi connectivity index (χ0) is 14.7. The van der Waals surface area contributed by atoms with Gasteiger partial charge < -0.3 is 5.32 Å². The summed E-state index contributed by atoms with van der Waals surface area (Å²) >= 11 is 3.25. The number of hydrogen-bond acceptors (Lipinski definition) is 5. The summed E-state index contributed by atoms with van der Waals surface area (Å²) in [5, 5.41) is 6.97. The first-order chi connectivity index (χ1) is 10.3. The highest BCUT2D eigenvalue weighted by Crippen LogP contribution is 2.36. The Hall–Kier alpha value is -1.24. The fourth-order valence-corrected chi connectivity index (χ4v) is 4.54. The van der Waals surface area contributed by atoms with Crippen LogP contribution < -0.4 is 5.32 Å². The van der Waals surface area contributed by atoms with E-state index in [2.05, 4.69) is 39.8 Å². The first-order valence-electron chi connectivity index (χ1n) is 7.15. The van der Waals surface area contributed by atoms with Crippen LogP contribution in [0, 0.1) is 5.92 Å². The van der Waals surface area contributed by atoms with Gasteiger partial charge in [-0.2, -0.15) is 0 Å². The van der Waals surface area contributed by atoms with Crippen molar-refractivity contribution in [1.29, 1.82) is 0 Å². The number of thiazole rings is 1. The topological polar surface area (TPSA) is 45.2 Å². The maximum Gasteiger partial charge on any atom is 0.270 e. The largest absolute Gasteiger partial charge is 0.350 e. The molecule has 0 aromatic carbocycles. The van der Waals surface area contributed by atoms with Gasteiger partial charge >= 0.3 is 0 Å². The lowest BCUT2D eigenvalue weighted by molar-refractivity contribution is 0.0891. The second-order valence-corrected chi connectivity index (χ2v) is 7.12. The van der Waals surface area contributed by atoms with Crippen molar-refractivity contribution in [3.63, 3.8) is 0 Å². The number of nitrogens with zero attached hydrogens (tertiary/aromatic N) is 2. The molecule has 0 saturated carbocycles. The molecule has 2 aromatic heterocycles. The second-order valence-electron chi connectivity index (χ2n) is 5.43. The maximum atomic E-state index is 12.0. The van der Waals surface area contributed by atoms with Crippen LogP contribution in [0.25, 0.3) is 0 Å². The van der Waals surface area contributed by atoms with Crippen LogP contribution in [0.4, 0.5) is 0 Å². The van der Waals surface area contributed by atoms with E-state index in [1.807, 2.05) is 0 Å². The van der Waals surface area contributed by atoms with E-state index < -0.39 is 0 Å². The zero-order valence-corrected chi connectivity index (χ0v) is 13.6. The molecule has 3 heterocycles. The summed E-state index contributed by atoms with van der Waals surface area (Å²) < 4.78 is 0. The average Bonchev–Trinajstić information content (AvgIpc) is 3.17. The number of carbonyl (C=O) groups is 1. The molecule has 0 spiro atoms. The summed E-state index contributed by atoms with van der Waals surface area (Å²) in [6.07, 6.45) is 2.35. The van der Waals surface area contributed by atoms with Gasteiger partial charge in [0.05, 0.1) is 5.51 Å². The zero-order valence-electron chi connectivity index (χ0n) is 12.0. The Morgan fingerprint density at radius 3 is 3.19 bits per heavy atom. The Morgan fingerprint density at radius 1 is 1.57 bits per heavy atom. The SMILES string of the molecule is CN1CCC[C@H](CNC(=O)c2cscn2)[C@@H]1c1cccs1. The van der Waals surface area contributed by atoms with E-state index in [9.17, 15) is 4.79 Å². The molecule has 1 fully saturated rings. The van der Waals surface area contributed by atoms with Gasteiger partial charge in [-0.3, -0.25) is 9.69 Å². The van der Waals surface area contributed by atoms with Crippen molar-refractivity contribution in [1.82, 2.24) is 15.2 Å². The molecule has 2 aromatic rings. The predicted molar refractivity (Wildman–Crippen MR) is 86.9 cm³/mol. The highest BCUT2D eigenvalue weighted by molar-refractivity contribution is 7.10. The molecule has 3 rings (SSSR count). The van der Waals surface area contributed by atoms with Crippen molar-refractivity contribution >= 4 is 28.6 Å². The summed E-state index contributed by atoms with van der Waals surface area (Å²) in [4.78, 5) is 19.9. The number of aromatic nitrogens is 1. The minimum Gasteiger partial charge on any atom is -0.350 e. The van der Waals surface area contributed by atoms with E-state index in [-0.39, 0.29) is 5.91 Å². The predicted octanol–water partition coefficient (Wildman–Crippen LogP) is 3.02. The van der Waals surface area contributed by atoms with E-state index in [0.717, 1.165) is 13.0 Å². The maximum absolute atomic E-state index is 12.0. The lowest BCUT2D eigenvalue weighted by Gasteiger charge is -2.38. The summed E-state index contributed by atoms with van der Waals surface area (Å²) in [5.41, 5.74) is 2.22. The van der Waals surface area contributed by atoms with Crippen molar-refractivity contribution in [2.24, 2.45) is 5.92 Å². The summed E-state index contributed by atoms with van der Waals surface area (Å²) in [6, 6.07) is 4.72. The number of likely N-dealkylation sites (tertiary alicyclic amines) is 1. The van der Waals surface area contributed by atoms with Gasteiger partial charge in [0, 0.05) is 22.8 Å². The van der Waals surface area contributed by atoms with Gasteiger partial charge in [-0.1, -0.05) is 6.07 Å². The Balaban J connectivity index is 1.66. The highest BCUT2D eigenvalue weighted by Gasteiger charge is 2.31. The Bertz CT molecular complexity index is 568. The Morgan fingerprint density at radius 2 is 2.48 bits per heavy atom. The van der Waals surface area contributed by atoms with Gasteiger partial charge in [0.1, 0.15) is 5.69 Å². The molecule has 1 aliphatic heterocycles. The van der Waals surface area contributed by atoms with Gasteiger partial charge in [0.25, 0.3) is 5.91 Å². The molecular weight excluding hydrogens is 302 g/mol. The van der Waals surface area contributed by atoms with Crippen LogP contribution in [-0.2, 0) is 0 Å². The normalized spacial score (nSPS) is 23.1. The number of carbonyl (C=O) groups excluding carboxylic acids is 1.